The maximum absolute atomic E-state index is 12.7. The van der Waals surface area contributed by atoms with Gasteiger partial charge in [-0.1, -0.05) is 36.4 Å². The quantitative estimate of drug-likeness (QED) is 0.396. The highest BCUT2D eigenvalue weighted by molar-refractivity contribution is 5.92. The van der Waals surface area contributed by atoms with Gasteiger partial charge in [0.1, 0.15) is 11.5 Å². The van der Waals surface area contributed by atoms with E-state index in [1.165, 1.54) is 0 Å². The van der Waals surface area contributed by atoms with Crippen molar-refractivity contribution in [3.05, 3.63) is 82.4 Å². The molecule has 1 aromatic heterocycles. The number of fused-ring (bicyclic) bond motifs is 2. The summed E-state index contributed by atoms with van der Waals surface area (Å²) in [5.41, 5.74) is 11.2. The Bertz CT molecular complexity index is 1140. The summed E-state index contributed by atoms with van der Waals surface area (Å²) in [6.45, 7) is 3.61. The molecule has 34 heavy (non-hydrogen) atoms. The van der Waals surface area contributed by atoms with Gasteiger partial charge in [0, 0.05) is 45.2 Å². The summed E-state index contributed by atoms with van der Waals surface area (Å²) in [6, 6.07) is 14.0. The second-order valence-electron chi connectivity index (χ2n) is 8.29. The van der Waals surface area contributed by atoms with Gasteiger partial charge >= 0.3 is 0 Å². The number of aromatic nitrogens is 2. The summed E-state index contributed by atoms with van der Waals surface area (Å²) >= 11 is 0. The first-order valence-electron chi connectivity index (χ1n) is 11.3. The standard InChI is InChI=1S/C25H30N6O3/c1-34-9-8-30(17-32)14-20-6-7-21-15-31-16-23(29-24(31)13-27-22(21)10-20)25(33)28-12-19-4-2-18(11-26)3-5-19/h2-7,10,16-17,27H,8-9,11-15,26H2,1H3,(H,28,33). The van der Waals surface area contributed by atoms with E-state index in [4.69, 9.17) is 10.5 Å². The summed E-state index contributed by atoms with van der Waals surface area (Å²) in [6.07, 6.45) is 2.64. The van der Waals surface area contributed by atoms with Crippen LogP contribution in [0.25, 0.3) is 0 Å². The number of hydrogen-bond acceptors (Lipinski definition) is 6. The number of carbonyl (C=O) groups is 2. The molecule has 0 fully saturated rings. The van der Waals surface area contributed by atoms with Gasteiger partial charge < -0.3 is 30.6 Å². The van der Waals surface area contributed by atoms with Crippen LogP contribution >= 0.6 is 0 Å². The molecule has 4 N–H and O–H groups in total. The Kier molecular flexibility index (Phi) is 7.56. The minimum Gasteiger partial charge on any atom is -0.383 e. The van der Waals surface area contributed by atoms with Crippen LogP contribution in [-0.4, -0.2) is 47.0 Å². The summed E-state index contributed by atoms with van der Waals surface area (Å²) < 4.78 is 7.06. The molecule has 0 saturated carbocycles. The number of nitrogens with one attached hydrogen (secondary N) is 2. The summed E-state index contributed by atoms with van der Waals surface area (Å²) in [7, 11) is 1.62. The Morgan fingerprint density at radius 3 is 2.74 bits per heavy atom. The lowest BCUT2D eigenvalue weighted by atomic mass is 10.1. The number of ether oxygens (including phenoxy) is 1. The van der Waals surface area contributed by atoms with E-state index in [0.717, 1.165) is 40.2 Å². The van der Waals surface area contributed by atoms with Gasteiger partial charge in [0.15, 0.2) is 0 Å². The van der Waals surface area contributed by atoms with E-state index in [9.17, 15) is 9.59 Å². The van der Waals surface area contributed by atoms with Gasteiger partial charge in [-0.25, -0.2) is 4.98 Å². The molecule has 9 heteroatoms. The SMILES string of the molecule is COCCN(C=O)Cc1ccc2c(c1)NCc1nc(C(=O)NCc3ccc(CN)cc3)cn1C2. The molecule has 178 valence electrons. The Balaban J connectivity index is 1.40. The largest absolute Gasteiger partial charge is 0.383 e. The number of benzene rings is 2. The number of nitrogens with two attached hydrogens (primary N) is 1. The van der Waals surface area contributed by atoms with Crippen LogP contribution in [0, 0.1) is 0 Å². The maximum Gasteiger partial charge on any atom is 0.271 e. The van der Waals surface area contributed by atoms with E-state index >= 15 is 0 Å². The number of methoxy groups -OCH3 is 1. The number of anilines is 1. The van der Waals surface area contributed by atoms with E-state index in [-0.39, 0.29) is 5.91 Å². The van der Waals surface area contributed by atoms with E-state index in [1.807, 2.05) is 34.9 Å². The third kappa shape index (κ3) is 5.62. The fourth-order valence-corrected chi connectivity index (χ4v) is 3.90. The molecule has 2 aromatic carbocycles. The molecule has 0 radical (unpaired) electrons. The van der Waals surface area contributed by atoms with Gasteiger partial charge in [-0.05, 0) is 28.3 Å². The van der Waals surface area contributed by atoms with E-state index in [1.54, 1.807) is 18.2 Å². The Morgan fingerprint density at radius 1 is 1.24 bits per heavy atom. The van der Waals surface area contributed by atoms with Crippen LogP contribution in [0.5, 0.6) is 0 Å². The van der Waals surface area contributed by atoms with Crippen molar-refractivity contribution in [1.29, 1.82) is 0 Å². The summed E-state index contributed by atoms with van der Waals surface area (Å²) in [5.74, 6) is 0.592. The first-order valence-corrected chi connectivity index (χ1v) is 11.3. The zero-order valence-corrected chi connectivity index (χ0v) is 19.3. The first-order chi connectivity index (χ1) is 16.6. The smallest absolute Gasteiger partial charge is 0.271 e. The first kappa shape index (κ1) is 23.5. The third-order valence-corrected chi connectivity index (χ3v) is 5.87. The van der Waals surface area contributed by atoms with Crippen LogP contribution in [0.4, 0.5) is 5.69 Å². The molecule has 2 amide bonds. The third-order valence-electron chi connectivity index (χ3n) is 5.87. The van der Waals surface area contributed by atoms with Crippen LogP contribution in [0.3, 0.4) is 0 Å². The number of carbonyl (C=O) groups excluding carboxylic acids is 2. The van der Waals surface area contributed by atoms with Crippen molar-refractivity contribution in [1.82, 2.24) is 19.8 Å². The number of hydrogen-bond donors (Lipinski definition) is 3. The molecule has 3 aromatic rings. The molecule has 0 spiro atoms. The molecule has 0 saturated heterocycles. The molecule has 0 aliphatic carbocycles. The normalized spacial score (nSPS) is 12.2. The van der Waals surface area contributed by atoms with Gasteiger partial charge in [0.05, 0.1) is 19.7 Å². The number of imidazole rings is 1. The highest BCUT2D eigenvalue weighted by Crippen LogP contribution is 2.24. The summed E-state index contributed by atoms with van der Waals surface area (Å²) in [4.78, 5) is 30.2. The lowest BCUT2D eigenvalue weighted by Crippen LogP contribution is -2.25. The van der Waals surface area contributed by atoms with Gasteiger partial charge in [-0.3, -0.25) is 9.59 Å². The van der Waals surface area contributed by atoms with Crippen LogP contribution < -0.4 is 16.4 Å². The van der Waals surface area contributed by atoms with Crippen LogP contribution in [-0.2, 0) is 42.3 Å². The second kappa shape index (κ2) is 11.0. The minimum atomic E-state index is -0.205. The van der Waals surface area contributed by atoms with E-state index < -0.39 is 0 Å². The van der Waals surface area contributed by atoms with Crippen LogP contribution in [0.2, 0.25) is 0 Å². The molecule has 0 bridgehead atoms. The van der Waals surface area contributed by atoms with Gasteiger partial charge in [-0.15, -0.1) is 0 Å². The number of nitrogens with zero attached hydrogens (tertiary/aromatic N) is 3. The molecule has 9 nitrogen and oxygen atoms in total. The zero-order valence-electron chi connectivity index (χ0n) is 19.3. The van der Waals surface area contributed by atoms with E-state index in [0.29, 0.717) is 51.6 Å². The Labute approximate surface area is 198 Å². The highest BCUT2D eigenvalue weighted by atomic mass is 16.5. The Hall–Kier alpha value is -3.69. The molecule has 1 aliphatic heterocycles. The van der Waals surface area contributed by atoms with Crippen LogP contribution in [0.1, 0.15) is 38.6 Å². The van der Waals surface area contributed by atoms with Crippen LogP contribution in [0.15, 0.2) is 48.7 Å². The monoisotopic (exact) mass is 462 g/mol. The van der Waals surface area contributed by atoms with Gasteiger partial charge in [-0.2, -0.15) is 0 Å². The molecular weight excluding hydrogens is 432 g/mol. The average molecular weight is 463 g/mol. The fraction of sp³-hybridized carbons (Fsp3) is 0.320. The molecular formula is C25H30N6O3. The summed E-state index contributed by atoms with van der Waals surface area (Å²) in [5, 5.41) is 6.35. The lowest BCUT2D eigenvalue weighted by Gasteiger charge is -2.18. The highest BCUT2D eigenvalue weighted by Gasteiger charge is 2.19. The molecule has 0 unspecified atom stereocenters. The number of amides is 2. The van der Waals surface area contributed by atoms with Gasteiger partial charge in [0.2, 0.25) is 6.41 Å². The minimum absolute atomic E-state index is 0.205. The molecule has 2 heterocycles. The van der Waals surface area contributed by atoms with Gasteiger partial charge in [0.25, 0.3) is 5.91 Å². The van der Waals surface area contributed by atoms with Crippen molar-refractivity contribution < 1.29 is 14.3 Å². The Morgan fingerprint density at radius 2 is 2.00 bits per heavy atom. The molecule has 4 rings (SSSR count). The fourth-order valence-electron chi connectivity index (χ4n) is 3.90. The average Bonchev–Trinajstić information content (AvgIpc) is 3.19. The molecule has 0 atom stereocenters. The predicted molar refractivity (Wildman–Crippen MR) is 129 cm³/mol. The maximum atomic E-state index is 12.7. The topological polar surface area (TPSA) is 115 Å². The zero-order chi connectivity index (χ0) is 23.9. The second-order valence-corrected chi connectivity index (χ2v) is 8.29. The van der Waals surface area contributed by atoms with Crippen molar-refractivity contribution in [3.63, 3.8) is 0 Å². The number of rotatable bonds is 10. The van der Waals surface area contributed by atoms with Crippen molar-refractivity contribution in [2.45, 2.75) is 32.7 Å². The predicted octanol–water partition coefficient (Wildman–Crippen LogP) is 1.85. The van der Waals surface area contributed by atoms with E-state index in [2.05, 4.69) is 27.8 Å². The van der Waals surface area contributed by atoms with Crippen molar-refractivity contribution in [3.8, 4) is 0 Å². The molecule has 1 aliphatic rings. The lowest BCUT2D eigenvalue weighted by molar-refractivity contribution is -0.119. The van der Waals surface area contributed by atoms with Crippen molar-refractivity contribution >= 4 is 18.0 Å². The van der Waals surface area contributed by atoms with Crippen molar-refractivity contribution in [2.75, 3.05) is 25.6 Å². The van der Waals surface area contributed by atoms with Crippen molar-refractivity contribution in [2.24, 2.45) is 5.73 Å².